The van der Waals surface area contributed by atoms with Gasteiger partial charge in [-0.2, -0.15) is 0 Å². The molecule has 0 saturated carbocycles. The zero-order valence-electron chi connectivity index (χ0n) is 13.8. The SMILES string of the molecule is CC(C)(C)OC(=O)NC(=NCC(N)=O)NC(=O)OC(C)(C)C. The van der Waals surface area contributed by atoms with Gasteiger partial charge in [0.15, 0.2) is 0 Å². The summed E-state index contributed by atoms with van der Waals surface area (Å²) in [4.78, 5) is 37.8. The minimum atomic E-state index is -0.841. The molecule has 9 heteroatoms. The molecule has 0 radical (unpaired) electrons. The predicted molar refractivity (Wildman–Crippen MR) is 80.2 cm³/mol. The summed E-state index contributed by atoms with van der Waals surface area (Å²) in [5, 5.41) is 4.43. The van der Waals surface area contributed by atoms with Gasteiger partial charge >= 0.3 is 12.2 Å². The monoisotopic (exact) mass is 316 g/mol. The van der Waals surface area contributed by atoms with Crippen LogP contribution >= 0.6 is 0 Å². The Balaban J connectivity index is 4.84. The molecule has 0 bridgehead atoms. The van der Waals surface area contributed by atoms with Crippen LogP contribution in [0.3, 0.4) is 0 Å². The van der Waals surface area contributed by atoms with Crippen LogP contribution in [0.1, 0.15) is 41.5 Å². The summed E-state index contributed by atoms with van der Waals surface area (Å²) in [6.45, 7) is 9.63. The molecule has 0 aliphatic carbocycles. The number of nitrogens with zero attached hydrogens (tertiary/aromatic N) is 1. The maximum Gasteiger partial charge on any atom is 0.414 e. The highest BCUT2D eigenvalue weighted by Gasteiger charge is 2.21. The van der Waals surface area contributed by atoms with E-state index in [1.807, 2.05) is 0 Å². The lowest BCUT2D eigenvalue weighted by atomic mass is 10.2. The Kier molecular flexibility index (Phi) is 6.82. The van der Waals surface area contributed by atoms with Crippen LogP contribution in [-0.2, 0) is 14.3 Å². The number of carbonyl (C=O) groups excluding carboxylic acids is 3. The van der Waals surface area contributed by atoms with E-state index in [2.05, 4.69) is 15.6 Å². The number of rotatable bonds is 2. The van der Waals surface area contributed by atoms with Crippen molar-refractivity contribution >= 4 is 24.1 Å². The van der Waals surface area contributed by atoms with Crippen LogP contribution in [0.25, 0.3) is 0 Å². The molecule has 0 fully saturated rings. The van der Waals surface area contributed by atoms with Crippen molar-refractivity contribution in [3.8, 4) is 0 Å². The Morgan fingerprint density at radius 1 is 0.909 bits per heavy atom. The average molecular weight is 316 g/mol. The van der Waals surface area contributed by atoms with Crippen molar-refractivity contribution in [2.24, 2.45) is 10.7 Å². The third kappa shape index (κ3) is 11.5. The number of primary amides is 1. The van der Waals surface area contributed by atoms with E-state index in [1.54, 1.807) is 41.5 Å². The van der Waals surface area contributed by atoms with Crippen molar-refractivity contribution in [2.45, 2.75) is 52.7 Å². The molecule has 0 heterocycles. The van der Waals surface area contributed by atoms with Gasteiger partial charge in [-0.1, -0.05) is 0 Å². The zero-order valence-corrected chi connectivity index (χ0v) is 13.8. The molecular weight excluding hydrogens is 292 g/mol. The molecule has 0 aliphatic rings. The van der Waals surface area contributed by atoms with E-state index in [9.17, 15) is 14.4 Å². The number of carbonyl (C=O) groups is 3. The molecule has 22 heavy (non-hydrogen) atoms. The Labute approximate surface area is 129 Å². The molecule has 0 aromatic heterocycles. The Hall–Kier alpha value is -2.32. The van der Waals surface area contributed by atoms with Crippen LogP contribution in [0, 0.1) is 0 Å². The molecule has 9 nitrogen and oxygen atoms in total. The number of hydrogen-bond donors (Lipinski definition) is 3. The molecule has 3 amide bonds. The summed E-state index contributed by atoms with van der Waals surface area (Å²) in [7, 11) is 0. The van der Waals surface area contributed by atoms with Gasteiger partial charge in [-0.15, -0.1) is 0 Å². The van der Waals surface area contributed by atoms with Crippen molar-refractivity contribution in [1.82, 2.24) is 10.6 Å². The second kappa shape index (κ2) is 7.62. The Bertz CT molecular complexity index is 428. The lowest BCUT2D eigenvalue weighted by Crippen LogP contribution is -2.47. The third-order valence-electron chi connectivity index (χ3n) is 1.63. The van der Waals surface area contributed by atoms with E-state index in [1.165, 1.54) is 0 Å². The molecule has 0 saturated heterocycles. The Morgan fingerprint density at radius 2 is 1.27 bits per heavy atom. The number of ether oxygens (including phenoxy) is 2. The number of nitrogens with two attached hydrogens (primary N) is 1. The highest BCUT2D eigenvalue weighted by Crippen LogP contribution is 2.07. The topological polar surface area (TPSA) is 132 Å². The van der Waals surface area contributed by atoms with Gasteiger partial charge in [0.1, 0.15) is 17.7 Å². The summed E-state index contributed by atoms with van der Waals surface area (Å²) in [6, 6.07) is 0. The van der Waals surface area contributed by atoms with Gasteiger partial charge < -0.3 is 15.2 Å². The maximum atomic E-state index is 11.7. The Morgan fingerprint density at radius 3 is 1.55 bits per heavy atom. The fraction of sp³-hybridized carbons (Fsp3) is 0.692. The summed E-state index contributed by atoms with van der Waals surface area (Å²) in [5.41, 5.74) is 3.51. The summed E-state index contributed by atoms with van der Waals surface area (Å²) in [5.74, 6) is -1.02. The number of aliphatic imine (C=N–C) groups is 1. The summed E-state index contributed by atoms with van der Waals surface area (Å²) < 4.78 is 10.0. The van der Waals surface area contributed by atoms with E-state index in [4.69, 9.17) is 15.2 Å². The van der Waals surface area contributed by atoms with Crippen LogP contribution in [0.15, 0.2) is 4.99 Å². The summed E-state index contributed by atoms with van der Waals surface area (Å²) >= 11 is 0. The smallest absolute Gasteiger partial charge is 0.414 e. The fourth-order valence-electron chi connectivity index (χ4n) is 1.07. The molecule has 0 aromatic carbocycles. The maximum absolute atomic E-state index is 11.7. The van der Waals surface area contributed by atoms with Crippen molar-refractivity contribution in [1.29, 1.82) is 0 Å². The lowest BCUT2D eigenvalue weighted by molar-refractivity contribution is -0.116. The average Bonchev–Trinajstić information content (AvgIpc) is 2.19. The number of hydrogen-bond acceptors (Lipinski definition) is 6. The second-order valence-electron chi connectivity index (χ2n) is 6.38. The first-order valence-electron chi connectivity index (χ1n) is 6.61. The minimum absolute atomic E-state index is 0.290. The number of amides is 3. The van der Waals surface area contributed by atoms with Crippen LogP contribution in [0.2, 0.25) is 0 Å². The quantitative estimate of drug-likeness (QED) is 0.514. The van der Waals surface area contributed by atoms with E-state index >= 15 is 0 Å². The van der Waals surface area contributed by atoms with Crippen molar-refractivity contribution < 1.29 is 23.9 Å². The minimum Gasteiger partial charge on any atom is -0.444 e. The number of alkyl carbamates (subject to hydrolysis) is 2. The molecule has 0 aliphatic heterocycles. The van der Waals surface area contributed by atoms with E-state index in [0.717, 1.165) is 0 Å². The molecule has 126 valence electrons. The summed E-state index contributed by atoms with van der Waals surface area (Å²) in [6.07, 6.45) is -1.68. The van der Waals surface area contributed by atoms with E-state index in [0.29, 0.717) is 0 Å². The normalized spacial score (nSPS) is 11.2. The first-order chi connectivity index (χ1) is 9.78. The van der Waals surface area contributed by atoms with Crippen LogP contribution < -0.4 is 16.4 Å². The molecule has 0 unspecified atom stereocenters. The first-order valence-corrected chi connectivity index (χ1v) is 6.61. The van der Waals surface area contributed by atoms with Crippen molar-refractivity contribution in [3.05, 3.63) is 0 Å². The van der Waals surface area contributed by atoms with Crippen LogP contribution in [0.5, 0.6) is 0 Å². The first kappa shape index (κ1) is 19.7. The number of guanidine groups is 1. The van der Waals surface area contributed by atoms with Gasteiger partial charge in [0.05, 0.1) is 0 Å². The van der Waals surface area contributed by atoms with Gasteiger partial charge in [-0.05, 0) is 41.5 Å². The lowest BCUT2D eigenvalue weighted by Gasteiger charge is -2.22. The highest BCUT2D eigenvalue weighted by molar-refractivity contribution is 6.02. The fourth-order valence-corrected chi connectivity index (χ4v) is 1.07. The standard InChI is InChI=1S/C13H24N4O5/c1-12(2,3)21-10(19)16-9(15-7-8(14)18)17-11(20)22-13(4,5)6/h7H2,1-6H3,(H2,14,18)(H2,15,16,17,19,20). The molecule has 0 atom stereocenters. The van der Waals surface area contributed by atoms with Crippen LogP contribution in [-0.4, -0.2) is 41.8 Å². The van der Waals surface area contributed by atoms with E-state index in [-0.39, 0.29) is 5.96 Å². The molecule has 0 aromatic rings. The van der Waals surface area contributed by atoms with Crippen LogP contribution in [0.4, 0.5) is 9.59 Å². The van der Waals surface area contributed by atoms with Gasteiger partial charge in [-0.25, -0.2) is 14.6 Å². The van der Waals surface area contributed by atoms with Gasteiger partial charge in [0.2, 0.25) is 11.9 Å². The predicted octanol–water partition coefficient (Wildman–Crippen LogP) is 0.877. The molecular formula is C13H24N4O5. The molecule has 0 spiro atoms. The zero-order chi connectivity index (χ0) is 17.6. The largest absolute Gasteiger partial charge is 0.444 e. The van der Waals surface area contributed by atoms with Crippen molar-refractivity contribution in [3.63, 3.8) is 0 Å². The van der Waals surface area contributed by atoms with Gasteiger partial charge in [0.25, 0.3) is 0 Å². The molecule has 4 N–H and O–H groups in total. The van der Waals surface area contributed by atoms with Gasteiger partial charge in [-0.3, -0.25) is 15.4 Å². The third-order valence-corrected chi connectivity index (χ3v) is 1.63. The number of nitrogens with one attached hydrogen (secondary N) is 2. The highest BCUT2D eigenvalue weighted by atomic mass is 16.6. The molecule has 0 rings (SSSR count). The second-order valence-corrected chi connectivity index (χ2v) is 6.38. The van der Waals surface area contributed by atoms with E-state index < -0.39 is 35.8 Å². The van der Waals surface area contributed by atoms with Gasteiger partial charge in [0, 0.05) is 0 Å². The van der Waals surface area contributed by atoms with Crippen molar-refractivity contribution in [2.75, 3.05) is 6.54 Å².